The van der Waals surface area contributed by atoms with Gasteiger partial charge in [0.05, 0.1) is 29.3 Å². The van der Waals surface area contributed by atoms with Crippen molar-refractivity contribution in [1.82, 2.24) is 20.2 Å². The van der Waals surface area contributed by atoms with Crippen molar-refractivity contribution < 1.29 is 0 Å². The summed E-state index contributed by atoms with van der Waals surface area (Å²) in [6.07, 6.45) is 13.8. The molecule has 0 bridgehead atoms. The zero-order chi connectivity index (χ0) is 27.5. The van der Waals surface area contributed by atoms with E-state index in [1.54, 1.807) is 12.3 Å². The highest BCUT2D eigenvalue weighted by Crippen LogP contribution is 2.29. The number of nitrogens with two attached hydrogens (primary N) is 1. The topological polar surface area (TPSA) is 91.5 Å². The molecular weight excluding hydrogens is 470 g/mol. The summed E-state index contributed by atoms with van der Waals surface area (Å²) in [5.74, 6) is 0.530. The Hall–Kier alpha value is -4.23. The molecule has 7 heteroatoms. The van der Waals surface area contributed by atoms with Crippen LogP contribution in [0.1, 0.15) is 37.6 Å². The summed E-state index contributed by atoms with van der Waals surface area (Å²) >= 11 is 0. The summed E-state index contributed by atoms with van der Waals surface area (Å²) in [5.41, 5.74) is 14.8. The molecule has 2 aromatic rings. The largest absolute Gasteiger partial charge is 0.386 e. The minimum atomic E-state index is 0.506. The number of nitrogens with one attached hydrogen (secondary N) is 2. The van der Waals surface area contributed by atoms with Crippen LogP contribution >= 0.6 is 0 Å². The maximum atomic E-state index is 5.86. The zero-order valence-electron chi connectivity index (χ0n) is 23.1. The lowest BCUT2D eigenvalue weighted by atomic mass is 10.0. The van der Waals surface area contributed by atoms with Crippen molar-refractivity contribution in [3.05, 3.63) is 113 Å². The van der Waals surface area contributed by atoms with Gasteiger partial charge >= 0.3 is 0 Å². The highest BCUT2D eigenvalue weighted by Gasteiger charge is 2.20. The number of anilines is 1. The van der Waals surface area contributed by atoms with E-state index < -0.39 is 0 Å². The number of aromatic nitrogens is 2. The van der Waals surface area contributed by atoms with Crippen molar-refractivity contribution in [2.45, 2.75) is 27.7 Å². The molecule has 0 radical (unpaired) electrons. The van der Waals surface area contributed by atoms with Gasteiger partial charge in [-0.05, 0) is 62.6 Å². The fourth-order valence-corrected chi connectivity index (χ4v) is 4.04. The minimum absolute atomic E-state index is 0.506. The molecule has 0 fully saturated rings. The third kappa shape index (κ3) is 7.40. The first-order valence-corrected chi connectivity index (χ1v) is 12.8. The van der Waals surface area contributed by atoms with Gasteiger partial charge in [-0.15, -0.1) is 0 Å². The molecule has 38 heavy (non-hydrogen) atoms. The van der Waals surface area contributed by atoms with E-state index in [2.05, 4.69) is 70.6 Å². The van der Waals surface area contributed by atoms with Crippen LogP contribution in [0.3, 0.4) is 0 Å². The second-order valence-corrected chi connectivity index (χ2v) is 9.03. The quantitative estimate of drug-likeness (QED) is 0.275. The van der Waals surface area contributed by atoms with E-state index in [9.17, 15) is 0 Å². The maximum Gasteiger partial charge on any atom is 0.223 e. The Balaban J connectivity index is 1.97. The number of nitrogens with zero attached hydrogens (tertiary/aromatic N) is 4. The Morgan fingerprint density at radius 3 is 2.58 bits per heavy atom. The summed E-state index contributed by atoms with van der Waals surface area (Å²) in [6, 6.07) is 10.4. The van der Waals surface area contributed by atoms with Gasteiger partial charge < -0.3 is 21.3 Å². The van der Waals surface area contributed by atoms with Gasteiger partial charge in [0.2, 0.25) is 5.95 Å². The summed E-state index contributed by atoms with van der Waals surface area (Å²) in [7, 11) is 1.94. The van der Waals surface area contributed by atoms with Gasteiger partial charge in [0.25, 0.3) is 0 Å². The van der Waals surface area contributed by atoms with Crippen LogP contribution in [0, 0.1) is 6.92 Å². The van der Waals surface area contributed by atoms with Crippen LogP contribution in [0.4, 0.5) is 5.95 Å². The molecule has 1 aliphatic rings. The second-order valence-electron chi connectivity index (χ2n) is 9.03. The Kier molecular flexibility index (Phi) is 10.4. The molecule has 1 aromatic carbocycles. The first-order valence-electron chi connectivity index (χ1n) is 12.8. The molecule has 0 saturated carbocycles. The minimum Gasteiger partial charge on any atom is -0.386 e. The average molecular weight is 510 g/mol. The first-order chi connectivity index (χ1) is 18.4. The van der Waals surface area contributed by atoms with Crippen molar-refractivity contribution in [2.75, 3.05) is 32.0 Å². The number of benzene rings is 1. The lowest BCUT2D eigenvalue weighted by Crippen LogP contribution is -2.25. The van der Waals surface area contributed by atoms with Gasteiger partial charge in [0, 0.05) is 38.2 Å². The van der Waals surface area contributed by atoms with E-state index in [-0.39, 0.29) is 0 Å². The number of aliphatic imine (C=N–C) groups is 1. The van der Waals surface area contributed by atoms with Crippen LogP contribution in [0.25, 0.3) is 11.4 Å². The molecule has 1 aromatic heterocycles. The molecule has 4 N–H and O–H groups in total. The summed E-state index contributed by atoms with van der Waals surface area (Å²) in [4.78, 5) is 16.3. The second kappa shape index (κ2) is 13.9. The zero-order valence-corrected chi connectivity index (χ0v) is 23.1. The van der Waals surface area contributed by atoms with Gasteiger partial charge in [0.1, 0.15) is 0 Å². The molecule has 2 heterocycles. The number of hydrogen-bond donors (Lipinski definition) is 3. The third-order valence-electron chi connectivity index (χ3n) is 6.09. The van der Waals surface area contributed by atoms with Crippen molar-refractivity contribution in [3.8, 4) is 0 Å². The van der Waals surface area contributed by atoms with Gasteiger partial charge in [0.15, 0.2) is 0 Å². The monoisotopic (exact) mass is 509 g/mol. The molecule has 0 amide bonds. The van der Waals surface area contributed by atoms with E-state index in [4.69, 9.17) is 15.7 Å². The molecule has 0 unspecified atom stereocenters. The Bertz CT molecular complexity index is 1310. The highest BCUT2D eigenvalue weighted by atomic mass is 15.2. The van der Waals surface area contributed by atoms with Crippen molar-refractivity contribution in [1.29, 1.82) is 0 Å². The van der Waals surface area contributed by atoms with E-state index in [1.165, 1.54) is 5.56 Å². The SMILES string of the molecule is C=C/C(N=C(C)CNc1nccc(/C(=C(/NC)c2ccc(C)cc2)N2C=CC(CN)=CC2)n1)=C(C)\C=C/C. The van der Waals surface area contributed by atoms with Gasteiger partial charge in [-0.25, -0.2) is 9.97 Å². The van der Waals surface area contributed by atoms with E-state index >= 15 is 0 Å². The van der Waals surface area contributed by atoms with Crippen molar-refractivity contribution in [3.63, 3.8) is 0 Å². The molecular formula is C31H39N7. The molecule has 0 spiro atoms. The number of aryl methyl sites for hydroxylation is 1. The molecule has 7 nitrogen and oxygen atoms in total. The van der Waals surface area contributed by atoms with Gasteiger partial charge in [-0.1, -0.05) is 54.6 Å². The summed E-state index contributed by atoms with van der Waals surface area (Å²) in [5, 5.41) is 6.74. The molecule has 3 rings (SSSR count). The third-order valence-corrected chi connectivity index (χ3v) is 6.09. The average Bonchev–Trinajstić information content (AvgIpc) is 2.94. The molecule has 0 aliphatic carbocycles. The molecule has 0 atom stereocenters. The van der Waals surface area contributed by atoms with Gasteiger partial charge in [-0.3, -0.25) is 4.99 Å². The number of allylic oxidation sites excluding steroid dienone is 4. The van der Waals surface area contributed by atoms with Crippen LogP contribution in [0.5, 0.6) is 0 Å². The smallest absolute Gasteiger partial charge is 0.223 e. The maximum absolute atomic E-state index is 5.86. The number of rotatable bonds is 11. The highest BCUT2D eigenvalue weighted by molar-refractivity contribution is 5.89. The van der Waals surface area contributed by atoms with Crippen LogP contribution in [-0.4, -0.2) is 47.3 Å². The van der Waals surface area contributed by atoms with Crippen molar-refractivity contribution >= 4 is 23.1 Å². The summed E-state index contributed by atoms with van der Waals surface area (Å²) < 4.78 is 0. The number of hydrogen-bond acceptors (Lipinski definition) is 7. The molecule has 1 aliphatic heterocycles. The lowest BCUT2D eigenvalue weighted by Gasteiger charge is -2.28. The van der Waals surface area contributed by atoms with E-state index in [0.717, 1.165) is 45.2 Å². The predicted octanol–water partition coefficient (Wildman–Crippen LogP) is 5.45. The summed E-state index contributed by atoms with van der Waals surface area (Å²) in [6.45, 7) is 13.7. The lowest BCUT2D eigenvalue weighted by molar-refractivity contribution is 0.579. The van der Waals surface area contributed by atoms with E-state index in [1.807, 2.05) is 52.1 Å². The Morgan fingerprint density at radius 1 is 1.21 bits per heavy atom. The van der Waals surface area contributed by atoms with Crippen LogP contribution in [0.15, 0.2) is 102 Å². The standard InChI is InChI=1S/C31H39N7/c1-7-9-23(4)27(8-2)36-24(5)21-35-31-34-17-14-28(37-31)30(38-18-15-25(20-32)16-19-38)29(33-6)26-12-10-22(3)11-13-26/h7-18,33H,2,19-21,32H2,1,3-6H3,(H,34,35,37)/b9-7-,27-23+,30-29-,36-24?. The predicted molar refractivity (Wildman–Crippen MR) is 161 cm³/mol. The first kappa shape index (κ1) is 28.3. The van der Waals surface area contributed by atoms with Gasteiger partial charge in [-0.2, -0.15) is 0 Å². The van der Waals surface area contributed by atoms with Crippen LogP contribution in [-0.2, 0) is 0 Å². The van der Waals surface area contributed by atoms with E-state index in [0.29, 0.717) is 25.6 Å². The fraction of sp³-hybridized carbons (Fsp3) is 0.258. The van der Waals surface area contributed by atoms with Crippen LogP contribution in [0.2, 0.25) is 0 Å². The Labute approximate surface area is 227 Å². The Morgan fingerprint density at radius 2 is 1.97 bits per heavy atom. The van der Waals surface area contributed by atoms with Crippen LogP contribution < -0.4 is 16.4 Å². The molecule has 198 valence electrons. The molecule has 0 saturated heterocycles. The normalized spacial score (nSPS) is 15.2. The van der Waals surface area contributed by atoms with Crippen molar-refractivity contribution in [2.24, 2.45) is 10.7 Å². The fourth-order valence-electron chi connectivity index (χ4n) is 4.04.